The topological polar surface area (TPSA) is 95.6 Å². The molecule has 0 aliphatic heterocycles. The third kappa shape index (κ3) is 3.80. The van der Waals surface area contributed by atoms with Gasteiger partial charge in [-0.15, -0.1) is 0 Å². The van der Waals surface area contributed by atoms with Crippen LogP contribution >= 0.6 is 0 Å². The van der Waals surface area contributed by atoms with Crippen molar-refractivity contribution in [1.82, 2.24) is 5.32 Å². The van der Waals surface area contributed by atoms with Gasteiger partial charge in [-0.25, -0.2) is 0 Å². The Bertz CT molecular complexity index is 366. The first-order chi connectivity index (χ1) is 8.60. The van der Waals surface area contributed by atoms with Gasteiger partial charge in [0.05, 0.1) is 25.2 Å². The highest BCUT2D eigenvalue weighted by Gasteiger charge is 2.23. The quantitative estimate of drug-likeness (QED) is 0.563. The van der Waals surface area contributed by atoms with Gasteiger partial charge in [0.2, 0.25) is 5.91 Å². The molecule has 1 rings (SSSR count). The Balaban J connectivity index is 2.63. The Labute approximate surface area is 107 Å². The Morgan fingerprint density at radius 1 is 1.28 bits per heavy atom. The first kappa shape index (κ1) is 14.6. The maximum Gasteiger partial charge on any atom is 0.225 e. The van der Waals surface area contributed by atoms with Crippen LogP contribution in [-0.2, 0) is 4.79 Å². The van der Waals surface area contributed by atoms with Gasteiger partial charge in [0.25, 0.3) is 0 Å². The molecule has 0 spiro atoms. The molecule has 18 heavy (non-hydrogen) atoms. The predicted octanol–water partition coefficient (Wildman–Crippen LogP) is -0.208. The number of aliphatic hydroxyl groups is 2. The minimum atomic E-state index is -0.636. The molecule has 5 N–H and O–H groups in total. The van der Waals surface area contributed by atoms with Crippen LogP contribution in [0.4, 0.5) is 0 Å². The number of nitrogens with one attached hydrogen (secondary N) is 1. The molecule has 1 aromatic carbocycles. The van der Waals surface area contributed by atoms with Gasteiger partial charge in [0.1, 0.15) is 0 Å². The highest BCUT2D eigenvalue weighted by Crippen LogP contribution is 2.19. The predicted molar refractivity (Wildman–Crippen MR) is 68.6 cm³/mol. The van der Waals surface area contributed by atoms with E-state index in [-0.39, 0.29) is 19.1 Å². The highest BCUT2D eigenvalue weighted by atomic mass is 16.3. The number of nitrogens with two attached hydrogens (primary N) is 1. The van der Waals surface area contributed by atoms with Gasteiger partial charge in [-0.3, -0.25) is 4.79 Å². The van der Waals surface area contributed by atoms with Crippen molar-refractivity contribution in [2.45, 2.75) is 19.0 Å². The fourth-order valence-electron chi connectivity index (χ4n) is 1.61. The molecule has 100 valence electrons. The van der Waals surface area contributed by atoms with Crippen molar-refractivity contribution in [2.24, 2.45) is 11.7 Å². The summed E-state index contributed by atoms with van der Waals surface area (Å²) >= 11 is 0. The van der Waals surface area contributed by atoms with Crippen LogP contribution in [0.5, 0.6) is 0 Å². The second-order valence-corrected chi connectivity index (χ2v) is 4.30. The largest absolute Gasteiger partial charge is 0.394 e. The van der Waals surface area contributed by atoms with Gasteiger partial charge >= 0.3 is 0 Å². The summed E-state index contributed by atoms with van der Waals surface area (Å²) in [5, 5.41) is 20.4. The monoisotopic (exact) mass is 252 g/mol. The molecule has 0 heterocycles. The van der Waals surface area contributed by atoms with Crippen LogP contribution in [0.1, 0.15) is 18.5 Å². The maximum absolute atomic E-state index is 11.9. The van der Waals surface area contributed by atoms with Gasteiger partial charge in [-0.05, 0) is 5.56 Å². The zero-order valence-corrected chi connectivity index (χ0v) is 10.4. The van der Waals surface area contributed by atoms with E-state index in [1.54, 1.807) is 6.92 Å². The molecule has 1 aromatic rings. The molecule has 2 atom stereocenters. The van der Waals surface area contributed by atoms with Gasteiger partial charge in [0.15, 0.2) is 0 Å². The van der Waals surface area contributed by atoms with Crippen molar-refractivity contribution < 1.29 is 15.0 Å². The molecular weight excluding hydrogens is 232 g/mol. The Morgan fingerprint density at radius 3 is 2.33 bits per heavy atom. The lowest BCUT2D eigenvalue weighted by molar-refractivity contribution is -0.126. The first-order valence-corrected chi connectivity index (χ1v) is 5.92. The molecule has 0 bridgehead atoms. The molecule has 0 fully saturated rings. The molecule has 0 aromatic heterocycles. The molecule has 5 nitrogen and oxygen atoms in total. The van der Waals surface area contributed by atoms with E-state index in [2.05, 4.69) is 5.32 Å². The van der Waals surface area contributed by atoms with E-state index < -0.39 is 18.0 Å². The van der Waals surface area contributed by atoms with Gasteiger partial charge in [-0.2, -0.15) is 0 Å². The second kappa shape index (κ2) is 7.10. The van der Waals surface area contributed by atoms with Crippen molar-refractivity contribution in [3.8, 4) is 0 Å². The number of aliphatic hydroxyl groups excluding tert-OH is 2. The Hall–Kier alpha value is -1.43. The summed E-state index contributed by atoms with van der Waals surface area (Å²) in [6.45, 7) is 1.13. The summed E-state index contributed by atoms with van der Waals surface area (Å²) in [4.78, 5) is 11.9. The van der Waals surface area contributed by atoms with Crippen LogP contribution in [0.25, 0.3) is 0 Å². The summed E-state index contributed by atoms with van der Waals surface area (Å²) < 4.78 is 0. The van der Waals surface area contributed by atoms with Crippen molar-refractivity contribution >= 4 is 5.91 Å². The lowest BCUT2D eigenvalue weighted by Crippen LogP contribution is -2.44. The van der Waals surface area contributed by atoms with E-state index in [1.165, 1.54) is 0 Å². The number of benzene rings is 1. The van der Waals surface area contributed by atoms with Gasteiger partial charge < -0.3 is 21.3 Å². The van der Waals surface area contributed by atoms with Crippen molar-refractivity contribution in [3.05, 3.63) is 35.9 Å². The number of carbonyl (C=O) groups excluding carboxylic acids is 1. The minimum absolute atomic E-state index is 0.278. The lowest BCUT2D eigenvalue weighted by atomic mass is 9.94. The summed E-state index contributed by atoms with van der Waals surface area (Å²) in [5.74, 6) is -0.715. The fraction of sp³-hybridized carbons (Fsp3) is 0.462. The third-order valence-electron chi connectivity index (χ3n) is 2.92. The number of rotatable bonds is 6. The first-order valence-electron chi connectivity index (χ1n) is 5.92. The van der Waals surface area contributed by atoms with Crippen LogP contribution in [0, 0.1) is 5.92 Å². The summed E-state index contributed by atoms with van der Waals surface area (Å²) in [6.07, 6.45) is 0. The molecule has 1 amide bonds. The fourth-order valence-corrected chi connectivity index (χ4v) is 1.61. The third-order valence-corrected chi connectivity index (χ3v) is 2.92. The van der Waals surface area contributed by atoms with E-state index in [9.17, 15) is 4.79 Å². The Morgan fingerprint density at radius 2 is 1.83 bits per heavy atom. The highest BCUT2D eigenvalue weighted by molar-refractivity contribution is 5.79. The smallest absolute Gasteiger partial charge is 0.225 e. The normalized spacial score (nSPS) is 14.3. The van der Waals surface area contributed by atoms with Gasteiger partial charge in [-0.1, -0.05) is 37.3 Å². The number of amides is 1. The van der Waals surface area contributed by atoms with Gasteiger partial charge in [0, 0.05) is 6.04 Å². The molecule has 0 aliphatic carbocycles. The average Bonchev–Trinajstić information content (AvgIpc) is 2.43. The maximum atomic E-state index is 11.9. The lowest BCUT2D eigenvalue weighted by Gasteiger charge is -2.22. The van der Waals surface area contributed by atoms with Crippen LogP contribution in [0.2, 0.25) is 0 Å². The number of hydrogen-bond donors (Lipinski definition) is 4. The second-order valence-electron chi connectivity index (χ2n) is 4.30. The molecule has 5 heteroatoms. The molecule has 0 aliphatic rings. The number of carbonyl (C=O) groups is 1. The van der Waals surface area contributed by atoms with E-state index in [0.717, 1.165) is 5.56 Å². The van der Waals surface area contributed by atoms with Crippen LogP contribution in [0.3, 0.4) is 0 Å². The van der Waals surface area contributed by atoms with Crippen molar-refractivity contribution in [1.29, 1.82) is 0 Å². The van der Waals surface area contributed by atoms with Crippen LogP contribution in [-0.4, -0.2) is 35.4 Å². The van der Waals surface area contributed by atoms with E-state index in [0.29, 0.717) is 0 Å². The Kier molecular flexibility index (Phi) is 5.77. The van der Waals surface area contributed by atoms with E-state index in [1.807, 2.05) is 30.3 Å². The average molecular weight is 252 g/mol. The summed E-state index contributed by atoms with van der Waals surface area (Å²) in [7, 11) is 0. The standard InChI is InChI=1S/C13H20N2O3/c1-9(13(18)15-11(7-16)8-17)12(14)10-5-3-2-4-6-10/h2-6,9,11-12,16-17H,7-8,14H2,1H3,(H,15,18). The molecular formula is C13H20N2O3. The zero-order valence-electron chi connectivity index (χ0n) is 10.4. The molecule has 0 saturated carbocycles. The molecule has 0 saturated heterocycles. The summed E-state index contributed by atoms with van der Waals surface area (Å²) in [5.41, 5.74) is 6.89. The minimum Gasteiger partial charge on any atom is -0.394 e. The van der Waals surface area contributed by atoms with E-state index >= 15 is 0 Å². The number of hydrogen-bond acceptors (Lipinski definition) is 4. The zero-order chi connectivity index (χ0) is 13.5. The van der Waals surface area contributed by atoms with Crippen LogP contribution < -0.4 is 11.1 Å². The molecule has 2 unspecified atom stereocenters. The summed E-state index contributed by atoms with van der Waals surface area (Å²) in [6, 6.07) is 8.29. The van der Waals surface area contributed by atoms with Crippen molar-refractivity contribution in [3.63, 3.8) is 0 Å². The van der Waals surface area contributed by atoms with Crippen molar-refractivity contribution in [2.75, 3.05) is 13.2 Å². The van der Waals surface area contributed by atoms with E-state index in [4.69, 9.17) is 15.9 Å². The SMILES string of the molecule is CC(C(=O)NC(CO)CO)C(N)c1ccccc1. The van der Waals surface area contributed by atoms with Crippen LogP contribution in [0.15, 0.2) is 30.3 Å². The molecule has 0 radical (unpaired) electrons.